The number of benzene rings is 1. The van der Waals surface area contributed by atoms with Gasteiger partial charge in [-0.1, -0.05) is 0 Å². The van der Waals surface area contributed by atoms with Gasteiger partial charge in [-0.15, -0.1) is 0 Å². The largest absolute Gasteiger partial charge is 0.369 e. The number of piperazine rings is 1. The zero-order chi connectivity index (χ0) is 14.0. The van der Waals surface area contributed by atoms with Crippen molar-refractivity contribution in [1.82, 2.24) is 4.90 Å². The van der Waals surface area contributed by atoms with Crippen molar-refractivity contribution in [3.05, 3.63) is 33.9 Å². The zero-order valence-electron chi connectivity index (χ0n) is 11.8. The number of nitro benzene ring substituents is 1. The number of nitro groups is 1. The van der Waals surface area contributed by atoms with E-state index in [1.54, 1.807) is 12.1 Å². The molecular weight excluding hydrogens is 242 g/mol. The number of hydrogen-bond donors (Lipinski definition) is 0. The van der Waals surface area contributed by atoms with E-state index in [0.717, 1.165) is 37.4 Å². The molecule has 1 aliphatic heterocycles. The van der Waals surface area contributed by atoms with Gasteiger partial charge in [0, 0.05) is 50.0 Å². The SMILES string of the molecule is Cc1cc([N+](=O)[O-])ccc1N1CCN(C(C)C)CC1. The molecule has 0 spiro atoms. The van der Waals surface area contributed by atoms with Crippen LogP contribution in [0.2, 0.25) is 0 Å². The first kappa shape index (κ1) is 13.8. The normalized spacial score (nSPS) is 16.9. The summed E-state index contributed by atoms with van der Waals surface area (Å²) in [5, 5.41) is 10.7. The molecule has 0 aliphatic carbocycles. The zero-order valence-corrected chi connectivity index (χ0v) is 11.8. The third-order valence-electron chi connectivity index (χ3n) is 3.78. The van der Waals surface area contributed by atoms with Crippen LogP contribution in [-0.2, 0) is 0 Å². The second-order valence-electron chi connectivity index (χ2n) is 5.34. The van der Waals surface area contributed by atoms with Crippen LogP contribution in [0.15, 0.2) is 18.2 Å². The molecule has 2 rings (SSSR count). The van der Waals surface area contributed by atoms with Crippen LogP contribution in [0.25, 0.3) is 0 Å². The smallest absolute Gasteiger partial charge is 0.269 e. The van der Waals surface area contributed by atoms with Crippen LogP contribution in [0.4, 0.5) is 11.4 Å². The second kappa shape index (κ2) is 5.57. The molecule has 0 aromatic heterocycles. The highest BCUT2D eigenvalue weighted by atomic mass is 16.6. The molecule has 0 N–H and O–H groups in total. The number of hydrogen-bond acceptors (Lipinski definition) is 4. The summed E-state index contributed by atoms with van der Waals surface area (Å²) in [4.78, 5) is 15.2. The van der Waals surface area contributed by atoms with Crippen LogP contribution >= 0.6 is 0 Å². The molecule has 1 aromatic carbocycles. The number of aryl methyl sites for hydroxylation is 1. The lowest BCUT2D eigenvalue weighted by molar-refractivity contribution is -0.384. The summed E-state index contributed by atoms with van der Waals surface area (Å²) in [5.41, 5.74) is 2.27. The molecule has 1 heterocycles. The van der Waals surface area contributed by atoms with Gasteiger partial charge >= 0.3 is 0 Å². The Hall–Kier alpha value is -1.62. The lowest BCUT2D eigenvalue weighted by atomic mass is 10.1. The van der Waals surface area contributed by atoms with Crippen molar-refractivity contribution in [3.8, 4) is 0 Å². The Morgan fingerprint density at radius 3 is 2.32 bits per heavy atom. The van der Waals surface area contributed by atoms with Crippen LogP contribution in [-0.4, -0.2) is 42.0 Å². The van der Waals surface area contributed by atoms with Gasteiger partial charge in [0.25, 0.3) is 5.69 Å². The average molecular weight is 263 g/mol. The molecule has 0 bridgehead atoms. The molecule has 5 nitrogen and oxygen atoms in total. The number of anilines is 1. The third-order valence-corrected chi connectivity index (χ3v) is 3.78. The summed E-state index contributed by atoms with van der Waals surface area (Å²) in [6.45, 7) is 10.4. The Balaban J connectivity index is 2.09. The van der Waals surface area contributed by atoms with Crippen molar-refractivity contribution < 1.29 is 4.92 Å². The third kappa shape index (κ3) is 3.04. The molecule has 1 aromatic rings. The Labute approximate surface area is 114 Å². The minimum absolute atomic E-state index is 0.169. The van der Waals surface area contributed by atoms with Crippen molar-refractivity contribution in [2.45, 2.75) is 26.8 Å². The molecule has 1 aliphatic rings. The summed E-state index contributed by atoms with van der Waals surface area (Å²) >= 11 is 0. The van der Waals surface area contributed by atoms with Crippen molar-refractivity contribution in [2.24, 2.45) is 0 Å². The van der Waals surface area contributed by atoms with Gasteiger partial charge in [-0.2, -0.15) is 0 Å². The summed E-state index contributed by atoms with van der Waals surface area (Å²) in [7, 11) is 0. The minimum Gasteiger partial charge on any atom is -0.369 e. The number of nitrogens with zero attached hydrogens (tertiary/aromatic N) is 3. The second-order valence-corrected chi connectivity index (χ2v) is 5.34. The Bertz CT molecular complexity index is 466. The molecule has 0 atom stereocenters. The van der Waals surface area contributed by atoms with Crippen molar-refractivity contribution >= 4 is 11.4 Å². The highest BCUT2D eigenvalue weighted by Gasteiger charge is 2.20. The Morgan fingerprint density at radius 1 is 1.21 bits per heavy atom. The van der Waals surface area contributed by atoms with E-state index in [4.69, 9.17) is 0 Å². The fourth-order valence-corrected chi connectivity index (χ4v) is 2.59. The van der Waals surface area contributed by atoms with Gasteiger partial charge in [0.15, 0.2) is 0 Å². The lowest BCUT2D eigenvalue weighted by Gasteiger charge is -2.38. The van der Waals surface area contributed by atoms with Gasteiger partial charge in [-0.25, -0.2) is 0 Å². The Kier molecular flexibility index (Phi) is 4.04. The highest BCUT2D eigenvalue weighted by Crippen LogP contribution is 2.25. The van der Waals surface area contributed by atoms with E-state index in [-0.39, 0.29) is 10.6 Å². The van der Waals surface area contributed by atoms with Crippen molar-refractivity contribution in [3.63, 3.8) is 0 Å². The summed E-state index contributed by atoms with van der Waals surface area (Å²) < 4.78 is 0. The molecule has 104 valence electrons. The van der Waals surface area contributed by atoms with Gasteiger partial charge in [0.05, 0.1) is 4.92 Å². The Morgan fingerprint density at radius 2 is 1.84 bits per heavy atom. The monoisotopic (exact) mass is 263 g/mol. The van der Waals surface area contributed by atoms with E-state index in [2.05, 4.69) is 23.6 Å². The van der Waals surface area contributed by atoms with Gasteiger partial charge in [0.2, 0.25) is 0 Å². The van der Waals surface area contributed by atoms with Gasteiger partial charge in [0.1, 0.15) is 0 Å². The fraction of sp³-hybridized carbons (Fsp3) is 0.571. The molecule has 19 heavy (non-hydrogen) atoms. The molecule has 1 saturated heterocycles. The summed E-state index contributed by atoms with van der Waals surface area (Å²) in [5.74, 6) is 0. The molecule has 0 saturated carbocycles. The minimum atomic E-state index is -0.340. The first-order valence-electron chi connectivity index (χ1n) is 6.73. The van der Waals surface area contributed by atoms with Crippen LogP contribution in [0, 0.1) is 17.0 Å². The van der Waals surface area contributed by atoms with Crippen molar-refractivity contribution in [1.29, 1.82) is 0 Å². The quantitative estimate of drug-likeness (QED) is 0.621. The van der Waals surface area contributed by atoms with E-state index in [1.807, 2.05) is 13.0 Å². The average Bonchev–Trinajstić information content (AvgIpc) is 2.38. The van der Waals surface area contributed by atoms with Gasteiger partial charge < -0.3 is 4.90 Å². The highest BCUT2D eigenvalue weighted by molar-refractivity contribution is 5.57. The number of rotatable bonds is 3. The maximum Gasteiger partial charge on any atom is 0.269 e. The molecule has 1 fully saturated rings. The molecule has 0 radical (unpaired) electrons. The van der Waals surface area contributed by atoms with Crippen LogP contribution in [0.3, 0.4) is 0 Å². The van der Waals surface area contributed by atoms with Gasteiger partial charge in [-0.3, -0.25) is 15.0 Å². The standard InChI is InChI=1S/C14H21N3O2/c1-11(2)15-6-8-16(9-7-15)14-5-4-13(17(18)19)10-12(14)3/h4-5,10-11H,6-9H2,1-3H3. The van der Waals surface area contributed by atoms with E-state index < -0.39 is 0 Å². The molecule has 0 amide bonds. The maximum atomic E-state index is 10.7. The molecule has 5 heteroatoms. The predicted octanol–water partition coefficient (Wildman–Crippen LogP) is 2.43. The fourth-order valence-electron chi connectivity index (χ4n) is 2.59. The van der Waals surface area contributed by atoms with Crippen LogP contribution in [0.5, 0.6) is 0 Å². The van der Waals surface area contributed by atoms with E-state index in [0.29, 0.717) is 6.04 Å². The maximum absolute atomic E-state index is 10.7. The van der Waals surface area contributed by atoms with E-state index >= 15 is 0 Å². The first-order chi connectivity index (χ1) is 8.99. The van der Waals surface area contributed by atoms with E-state index in [9.17, 15) is 10.1 Å². The van der Waals surface area contributed by atoms with Gasteiger partial charge in [-0.05, 0) is 32.4 Å². The van der Waals surface area contributed by atoms with Crippen LogP contribution < -0.4 is 4.90 Å². The molecule has 0 unspecified atom stereocenters. The van der Waals surface area contributed by atoms with E-state index in [1.165, 1.54) is 0 Å². The van der Waals surface area contributed by atoms with Crippen LogP contribution in [0.1, 0.15) is 19.4 Å². The molecular formula is C14H21N3O2. The predicted molar refractivity (Wildman–Crippen MR) is 76.8 cm³/mol. The lowest BCUT2D eigenvalue weighted by Crippen LogP contribution is -2.49. The first-order valence-corrected chi connectivity index (χ1v) is 6.73. The van der Waals surface area contributed by atoms with Crippen molar-refractivity contribution in [2.75, 3.05) is 31.1 Å². The topological polar surface area (TPSA) is 49.6 Å². The summed E-state index contributed by atoms with van der Waals surface area (Å²) in [6, 6.07) is 5.71. The summed E-state index contributed by atoms with van der Waals surface area (Å²) in [6.07, 6.45) is 0. The number of non-ortho nitro benzene ring substituents is 1.